The van der Waals surface area contributed by atoms with E-state index in [9.17, 15) is 9.59 Å². The van der Waals surface area contributed by atoms with Crippen molar-refractivity contribution >= 4 is 23.2 Å². The van der Waals surface area contributed by atoms with Crippen LogP contribution in [0, 0.1) is 0 Å². The number of amides is 1. The Morgan fingerprint density at radius 2 is 1.86 bits per heavy atom. The molecule has 110 valence electrons. The first-order valence-electron chi connectivity index (χ1n) is 6.56. The molecule has 2 unspecified atom stereocenters. The number of hydrogen-bond acceptors (Lipinski definition) is 4. The number of methoxy groups -OCH3 is 1. The Balaban J connectivity index is 2.45. The average molecular weight is 303 g/mol. The number of carbonyl (C=O) groups is 2. The molecule has 21 heavy (non-hydrogen) atoms. The second-order valence-corrected chi connectivity index (χ2v) is 5.58. The molecule has 0 bridgehead atoms. The summed E-state index contributed by atoms with van der Waals surface area (Å²) in [5, 5.41) is 4.79. The third kappa shape index (κ3) is 3.70. The monoisotopic (exact) mass is 303 g/mol. The normalized spacial score (nSPS) is 13.2. The van der Waals surface area contributed by atoms with Crippen molar-refractivity contribution in [3.05, 3.63) is 58.3 Å². The highest BCUT2D eigenvalue weighted by atomic mass is 32.1. The van der Waals surface area contributed by atoms with Crippen LogP contribution in [0.25, 0.3) is 0 Å². The minimum absolute atomic E-state index is 0.182. The van der Waals surface area contributed by atoms with Gasteiger partial charge in [-0.15, -0.1) is 11.3 Å². The van der Waals surface area contributed by atoms with Crippen molar-refractivity contribution in [1.29, 1.82) is 0 Å². The van der Waals surface area contributed by atoms with Gasteiger partial charge < -0.3 is 10.1 Å². The molecule has 0 fully saturated rings. The van der Waals surface area contributed by atoms with Crippen molar-refractivity contribution in [3.8, 4) is 0 Å². The molecule has 0 aliphatic heterocycles. The van der Waals surface area contributed by atoms with Crippen LogP contribution < -0.4 is 5.32 Å². The molecule has 0 aliphatic carbocycles. The number of nitrogens with one attached hydrogen (secondary N) is 1. The maximum atomic E-state index is 12.3. The fourth-order valence-electron chi connectivity index (χ4n) is 2.26. The first-order valence-corrected chi connectivity index (χ1v) is 7.44. The van der Waals surface area contributed by atoms with Crippen LogP contribution in [0.5, 0.6) is 0 Å². The van der Waals surface area contributed by atoms with Crippen LogP contribution in [-0.2, 0) is 14.3 Å². The van der Waals surface area contributed by atoms with E-state index >= 15 is 0 Å². The molecule has 1 heterocycles. The van der Waals surface area contributed by atoms with Crippen molar-refractivity contribution in [3.63, 3.8) is 0 Å². The second-order valence-electron chi connectivity index (χ2n) is 4.61. The summed E-state index contributed by atoms with van der Waals surface area (Å²) in [7, 11) is 1.36. The van der Waals surface area contributed by atoms with Crippen LogP contribution in [0.4, 0.5) is 0 Å². The van der Waals surface area contributed by atoms with E-state index in [1.807, 2.05) is 47.8 Å². The fourth-order valence-corrected chi connectivity index (χ4v) is 3.07. The maximum absolute atomic E-state index is 12.3. The zero-order valence-electron chi connectivity index (χ0n) is 11.9. The lowest BCUT2D eigenvalue weighted by atomic mass is 9.90. The van der Waals surface area contributed by atoms with E-state index in [0.717, 1.165) is 10.4 Å². The highest BCUT2D eigenvalue weighted by molar-refractivity contribution is 7.10. The molecule has 5 heteroatoms. The van der Waals surface area contributed by atoms with Gasteiger partial charge in [0.15, 0.2) is 0 Å². The minimum Gasteiger partial charge on any atom is -0.468 e. The summed E-state index contributed by atoms with van der Waals surface area (Å²) in [6.45, 7) is 1.44. The number of benzene rings is 1. The van der Waals surface area contributed by atoms with Crippen molar-refractivity contribution in [2.24, 2.45) is 0 Å². The number of rotatable bonds is 5. The quantitative estimate of drug-likeness (QED) is 0.864. The smallest absolute Gasteiger partial charge is 0.315 e. The van der Waals surface area contributed by atoms with E-state index in [-0.39, 0.29) is 11.9 Å². The topological polar surface area (TPSA) is 55.4 Å². The number of esters is 1. The van der Waals surface area contributed by atoms with Crippen LogP contribution in [0.1, 0.15) is 29.3 Å². The Bertz CT molecular complexity index is 595. The molecule has 2 aromatic rings. The number of thiophene rings is 1. The molecule has 1 aromatic carbocycles. The number of hydrogen-bond donors (Lipinski definition) is 1. The summed E-state index contributed by atoms with van der Waals surface area (Å²) in [5.41, 5.74) is 0.816. The summed E-state index contributed by atoms with van der Waals surface area (Å²) < 4.78 is 4.94. The summed E-state index contributed by atoms with van der Waals surface area (Å²) >= 11 is 1.50. The predicted molar refractivity (Wildman–Crippen MR) is 82.1 cm³/mol. The summed E-state index contributed by atoms with van der Waals surface area (Å²) in [5.74, 6) is -1.12. The molecule has 2 atom stereocenters. The minimum atomic E-state index is -0.571. The standard InChI is InChI=1S/C16H17NO3S/c1-11(18)17-15(13-9-6-10-21-13)14(16(19)20-2)12-7-4-3-5-8-12/h3-10,14-15H,1-2H3,(H,17,18). The van der Waals surface area contributed by atoms with Gasteiger partial charge in [0.25, 0.3) is 0 Å². The third-order valence-electron chi connectivity index (χ3n) is 3.16. The Morgan fingerprint density at radius 3 is 2.38 bits per heavy atom. The van der Waals surface area contributed by atoms with E-state index < -0.39 is 12.0 Å². The first kappa shape index (κ1) is 15.3. The van der Waals surface area contributed by atoms with Gasteiger partial charge in [0.2, 0.25) is 5.91 Å². The van der Waals surface area contributed by atoms with Gasteiger partial charge in [-0.2, -0.15) is 0 Å². The molecule has 1 amide bonds. The maximum Gasteiger partial charge on any atom is 0.315 e. The van der Waals surface area contributed by atoms with Gasteiger partial charge in [-0.1, -0.05) is 36.4 Å². The molecule has 4 nitrogen and oxygen atoms in total. The highest BCUT2D eigenvalue weighted by Gasteiger charge is 2.33. The number of carbonyl (C=O) groups excluding carboxylic acids is 2. The average Bonchev–Trinajstić information content (AvgIpc) is 3.01. The van der Waals surface area contributed by atoms with E-state index in [0.29, 0.717) is 0 Å². The van der Waals surface area contributed by atoms with Crippen molar-refractivity contribution in [2.45, 2.75) is 18.9 Å². The van der Waals surface area contributed by atoms with Crippen LogP contribution in [0.15, 0.2) is 47.8 Å². The molecular formula is C16H17NO3S. The molecule has 0 radical (unpaired) electrons. The lowest BCUT2D eigenvalue weighted by Gasteiger charge is -2.25. The molecule has 0 saturated carbocycles. The van der Waals surface area contributed by atoms with E-state index in [4.69, 9.17) is 4.74 Å². The Hall–Kier alpha value is -2.14. The first-order chi connectivity index (χ1) is 10.1. The van der Waals surface area contributed by atoms with Gasteiger partial charge in [0.05, 0.1) is 13.2 Å². The second kappa shape index (κ2) is 7.04. The molecule has 1 aromatic heterocycles. The lowest BCUT2D eigenvalue weighted by Crippen LogP contribution is -2.34. The molecule has 1 N–H and O–H groups in total. The van der Waals surface area contributed by atoms with Gasteiger partial charge >= 0.3 is 5.97 Å². The lowest BCUT2D eigenvalue weighted by molar-refractivity contribution is -0.143. The van der Waals surface area contributed by atoms with Crippen LogP contribution in [-0.4, -0.2) is 19.0 Å². The van der Waals surface area contributed by atoms with E-state index in [1.54, 1.807) is 0 Å². The Kier molecular flexibility index (Phi) is 5.11. The number of ether oxygens (including phenoxy) is 1. The van der Waals surface area contributed by atoms with Gasteiger partial charge in [0, 0.05) is 11.8 Å². The molecular weight excluding hydrogens is 286 g/mol. The van der Waals surface area contributed by atoms with Crippen LogP contribution in [0.2, 0.25) is 0 Å². The van der Waals surface area contributed by atoms with Crippen LogP contribution >= 0.6 is 11.3 Å². The van der Waals surface area contributed by atoms with Gasteiger partial charge in [-0.25, -0.2) is 0 Å². The third-order valence-corrected chi connectivity index (χ3v) is 4.11. The molecule has 0 saturated heterocycles. The Labute approximate surface area is 127 Å². The highest BCUT2D eigenvalue weighted by Crippen LogP contribution is 2.34. The van der Waals surface area contributed by atoms with Crippen molar-refractivity contribution in [2.75, 3.05) is 7.11 Å². The molecule has 2 rings (SSSR count). The fraction of sp³-hybridized carbons (Fsp3) is 0.250. The molecule has 0 spiro atoms. The van der Waals surface area contributed by atoms with Gasteiger partial charge in [0.1, 0.15) is 5.92 Å². The van der Waals surface area contributed by atoms with Gasteiger partial charge in [-0.3, -0.25) is 9.59 Å². The van der Waals surface area contributed by atoms with Gasteiger partial charge in [-0.05, 0) is 17.0 Å². The zero-order valence-corrected chi connectivity index (χ0v) is 12.7. The summed E-state index contributed by atoms with van der Waals surface area (Å²) in [6, 6.07) is 12.7. The SMILES string of the molecule is COC(=O)C(c1ccccc1)C(NC(C)=O)c1cccs1. The van der Waals surface area contributed by atoms with Crippen molar-refractivity contribution in [1.82, 2.24) is 5.32 Å². The molecule has 0 aliphatic rings. The summed E-state index contributed by atoms with van der Waals surface area (Å²) in [4.78, 5) is 24.7. The Morgan fingerprint density at radius 1 is 1.14 bits per heavy atom. The summed E-state index contributed by atoms with van der Waals surface area (Å²) in [6.07, 6.45) is 0. The predicted octanol–water partition coefficient (Wildman–Crippen LogP) is 2.88. The van der Waals surface area contributed by atoms with Crippen LogP contribution in [0.3, 0.4) is 0 Å². The zero-order chi connectivity index (χ0) is 15.2. The van der Waals surface area contributed by atoms with E-state index in [2.05, 4.69) is 5.32 Å². The largest absolute Gasteiger partial charge is 0.468 e. The van der Waals surface area contributed by atoms with Crippen molar-refractivity contribution < 1.29 is 14.3 Å². The van der Waals surface area contributed by atoms with E-state index in [1.165, 1.54) is 25.4 Å².